The largest absolute Gasteiger partial charge is 0.375 e. The van der Waals surface area contributed by atoms with Crippen LogP contribution < -0.4 is 4.72 Å². The Bertz CT molecular complexity index is 468. The van der Waals surface area contributed by atoms with Gasteiger partial charge in [0.05, 0.1) is 11.9 Å². The first kappa shape index (κ1) is 16.7. The summed E-state index contributed by atoms with van der Waals surface area (Å²) in [5, 5.41) is 0. The van der Waals surface area contributed by atoms with Gasteiger partial charge in [0.25, 0.3) is 0 Å². The van der Waals surface area contributed by atoms with E-state index in [9.17, 15) is 8.42 Å². The highest BCUT2D eigenvalue weighted by Gasteiger charge is 2.40. The van der Waals surface area contributed by atoms with E-state index in [0.717, 1.165) is 44.6 Å². The van der Waals surface area contributed by atoms with Gasteiger partial charge in [-0.3, -0.25) is 0 Å². The zero-order chi connectivity index (χ0) is 15.6. The summed E-state index contributed by atoms with van der Waals surface area (Å²) >= 11 is 0. The summed E-state index contributed by atoms with van der Waals surface area (Å²) in [7, 11) is -3.06. The van der Waals surface area contributed by atoms with Gasteiger partial charge in [0.2, 0.25) is 10.0 Å². The maximum Gasteiger partial charge on any atom is 0.208 e. The molecule has 0 aromatic carbocycles. The molecule has 128 valence electrons. The summed E-state index contributed by atoms with van der Waals surface area (Å²) in [5.41, 5.74) is 0.0774. The number of rotatable bonds is 6. The van der Waals surface area contributed by atoms with Gasteiger partial charge in [-0.1, -0.05) is 0 Å². The van der Waals surface area contributed by atoms with Crippen molar-refractivity contribution in [3.8, 4) is 0 Å². The summed E-state index contributed by atoms with van der Waals surface area (Å²) < 4.78 is 31.1. The molecule has 0 aromatic heterocycles. The molecule has 0 aromatic rings. The molecular formula is C16H30N2O3S. The fourth-order valence-electron chi connectivity index (χ4n) is 3.98. The van der Waals surface area contributed by atoms with Crippen LogP contribution in [0.1, 0.15) is 44.9 Å². The molecule has 3 aliphatic rings. The van der Waals surface area contributed by atoms with Crippen LogP contribution in [0.2, 0.25) is 0 Å². The minimum absolute atomic E-state index is 0.0774. The number of ether oxygens (including phenoxy) is 1. The Hall–Kier alpha value is -0.170. The van der Waals surface area contributed by atoms with E-state index in [1.54, 1.807) is 0 Å². The molecule has 1 N–H and O–H groups in total. The Morgan fingerprint density at radius 3 is 2.55 bits per heavy atom. The van der Waals surface area contributed by atoms with Crippen molar-refractivity contribution in [2.45, 2.75) is 50.5 Å². The van der Waals surface area contributed by atoms with Gasteiger partial charge in [0.1, 0.15) is 0 Å². The quantitative estimate of drug-likeness (QED) is 0.804. The Balaban J connectivity index is 1.43. The maximum absolute atomic E-state index is 11.2. The van der Waals surface area contributed by atoms with Gasteiger partial charge in [-0.15, -0.1) is 0 Å². The first-order valence-corrected chi connectivity index (χ1v) is 10.6. The number of hydrogen-bond acceptors (Lipinski definition) is 4. The van der Waals surface area contributed by atoms with Crippen LogP contribution in [0.4, 0.5) is 0 Å². The maximum atomic E-state index is 11.2. The lowest BCUT2D eigenvalue weighted by Crippen LogP contribution is -2.50. The molecule has 1 unspecified atom stereocenters. The molecule has 2 heterocycles. The van der Waals surface area contributed by atoms with E-state index in [-0.39, 0.29) is 5.60 Å². The topological polar surface area (TPSA) is 58.6 Å². The number of hydrogen-bond donors (Lipinski definition) is 1. The third-order valence-electron chi connectivity index (χ3n) is 5.49. The molecule has 6 heteroatoms. The molecule has 5 nitrogen and oxygen atoms in total. The minimum Gasteiger partial charge on any atom is -0.375 e. The van der Waals surface area contributed by atoms with Crippen molar-refractivity contribution < 1.29 is 13.2 Å². The number of nitrogens with zero attached hydrogens (tertiary/aromatic N) is 1. The monoisotopic (exact) mass is 330 g/mol. The van der Waals surface area contributed by atoms with Crippen LogP contribution >= 0.6 is 0 Å². The zero-order valence-corrected chi connectivity index (χ0v) is 14.5. The summed E-state index contributed by atoms with van der Waals surface area (Å²) in [6, 6.07) is 0. The number of likely N-dealkylation sites (tertiary alicyclic amines) is 1. The van der Waals surface area contributed by atoms with E-state index >= 15 is 0 Å². The van der Waals surface area contributed by atoms with Gasteiger partial charge >= 0.3 is 0 Å². The van der Waals surface area contributed by atoms with Crippen LogP contribution in [0.25, 0.3) is 0 Å². The second-order valence-electron chi connectivity index (χ2n) is 7.59. The molecular weight excluding hydrogens is 300 g/mol. The van der Waals surface area contributed by atoms with Crippen molar-refractivity contribution in [2.75, 3.05) is 39.0 Å². The normalized spacial score (nSPS) is 29.8. The lowest BCUT2D eigenvalue weighted by molar-refractivity contribution is -0.128. The van der Waals surface area contributed by atoms with Crippen molar-refractivity contribution in [3.05, 3.63) is 0 Å². The van der Waals surface area contributed by atoms with Gasteiger partial charge in [-0.25, -0.2) is 13.1 Å². The second-order valence-corrected chi connectivity index (χ2v) is 9.42. The van der Waals surface area contributed by atoms with Crippen LogP contribution in [0, 0.1) is 11.8 Å². The number of sulfonamides is 1. The lowest BCUT2D eigenvalue weighted by Gasteiger charge is -2.46. The molecule has 0 amide bonds. The fraction of sp³-hybridized carbons (Fsp3) is 1.00. The van der Waals surface area contributed by atoms with E-state index in [2.05, 4.69) is 9.62 Å². The van der Waals surface area contributed by atoms with Gasteiger partial charge in [0, 0.05) is 32.8 Å². The van der Waals surface area contributed by atoms with Crippen molar-refractivity contribution in [1.82, 2.24) is 9.62 Å². The third-order valence-corrected chi connectivity index (χ3v) is 6.22. The lowest BCUT2D eigenvalue weighted by atomic mass is 9.78. The van der Waals surface area contributed by atoms with Crippen molar-refractivity contribution in [3.63, 3.8) is 0 Å². The van der Waals surface area contributed by atoms with Crippen LogP contribution in [0.5, 0.6) is 0 Å². The zero-order valence-electron chi connectivity index (χ0n) is 13.7. The first-order chi connectivity index (χ1) is 10.4. The van der Waals surface area contributed by atoms with E-state index in [4.69, 9.17) is 4.74 Å². The average Bonchev–Trinajstić information content (AvgIpc) is 3.25. The van der Waals surface area contributed by atoms with E-state index in [1.165, 1.54) is 38.7 Å². The molecule has 1 saturated carbocycles. The molecule has 1 spiro atoms. The smallest absolute Gasteiger partial charge is 0.208 e. The molecule has 3 fully saturated rings. The molecule has 2 saturated heterocycles. The van der Waals surface area contributed by atoms with Crippen LogP contribution in [-0.2, 0) is 14.8 Å². The Labute approximate surface area is 134 Å². The van der Waals surface area contributed by atoms with Gasteiger partial charge in [-0.2, -0.15) is 0 Å². The Morgan fingerprint density at radius 1 is 1.18 bits per heavy atom. The molecule has 1 aliphatic carbocycles. The van der Waals surface area contributed by atoms with Crippen LogP contribution in [-0.4, -0.2) is 58.0 Å². The summed E-state index contributed by atoms with van der Waals surface area (Å²) in [4.78, 5) is 2.61. The average molecular weight is 330 g/mol. The highest BCUT2D eigenvalue weighted by atomic mass is 32.2. The van der Waals surface area contributed by atoms with Gasteiger partial charge < -0.3 is 9.64 Å². The molecule has 22 heavy (non-hydrogen) atoms. The molecule has 0 radical (unpaired) electrons. The Morgan fingerprint density at radius 2 is 1.91 bits per heavy atom. The summed E-state index contributed by atoms with van der Waals surface area (Å²) in [5.74, 6) is 1.56. The SMILES string of the molecule is CS(=O)(=O)NCCC1CCOC2(CCN(CC3CC3)CC2)C1. The molecule has 1 atom stereocenters. The predicted molar refractivity (Wildman–Crippen MR) is 87.3 cm³/mol. The molecule has 0 bridgehead atoms. The molecule has 2 aliphatic heterocycles. The molecule has 3 rings (SSSR count). The number of piperidine rings is 1. The van der Waals surface area contributed by atoms with Crippen LogP contribution in [0.3, 0.4) is 0 Å². The van der Waals surface area contributed by atoms with Gasteiger partial charge in [0.15, 0.2) is 0 Å². The highest BCUT2D eigenvalue weighted by Crippen LogP contribution is 2.39. The number of nitrogens with one attached hydrogen (secondary N) is 1. The van der Waals surface area contributed by atoms with Crippen molar-refractivity contribution in [1.29, 1.82) is 0 Å². The van der Waals surface area contributed by atoms with E-state index < -0.39 is 10.0 Å². The van der Waals surface area contributed by atoms with Gasteiger partial charge in [-0.05, 0) is 56.8 Å². The van der Waals surface area contributed by atoms with Crippen molar-refractivity contribution in [2.24, 2.45) is 11.8 Å². The van der Waals surface area contributed by atoms with E-state index in [0.29, 0.717) is 12.5 Å². The van der Waals surface area contributed by atoms with Crippen LogP contribution in [0.15, 0.2) is 0 Å². The first-order valence-electron chi connectivity index (χ1n) is 8.75. The highest BCUT2D eigenvalue weighted by molar-refractivity contribution is 7.88. The third kappa shape index (κ3) is 4.91. The second kappa shape index (κ2) is 6.75. The summed E-state index contributed by atoms with van der Waals surface area (Å²) in [6.45, 7) is 5.03. The fourth-order valence-corrected chi connectivity index (χ4v) is 4.47. The predicted octanol–water partition coefficient (Wildman–Crippen LogP) is 1.60. The van der Waals surface area contributed by atoms with E-state index in [1.807, 2.05) is 0 Å². The Kier molecular flexibility index (Phi) is 5.12. The standard InChI is InChI=1S/C16H30N2O3S/c1-22(19,20)17-8-4-14-5-11-21-16(12-14)6-9-18(10-7-16)13-15-2-3-15/h14-15,17H,2-13H2,1H3. The van der Waals surface area contributed by atoms with Crippen molar-refractivity contribution >= 4 is 10.0 Å². The summed E-state index contributed by atoms with van der Waals surface area (Å²) in [6.07, 6.45) is 9.49. The minimum atomic E-state index is -3.06.